The molecule has 0 N–H and O–H groups in total. The highest BCUT2D eigenvalue weighted by Crippen LogP contribution is 2.42. The van der Waals surface area contributed by atoms with Crippen molar-refractivity contribution in [1.29, 1.82) is 0 Å². The highest BCUT2D eigenvalue weighted by molar-refractivity contribution is 5.89. The maximum atomic E-state index is 15.1. The molecule has 2 aromatic rings. The number of carbonyl (C=O) groups excluding carboxylic acids is 1. The zero-order valence-corrected chi connectivity index (χ0v) is 15.0. The standard InChI is InChI=1S/C19H23F2N3O2/c1-3-26-18(25)14-10-8-13(9-11-14)12-15-6-4-5-7-16-17(19(15,20)21)22-23-24(16)2/h8-11,15H,3-7,12H2,1-2H3. The van der Waals surface area contributed by atoms with Crippen LogP contribution in [0.3, 0.4) is 0 Å². The molecule has 1 aliphatic rings. The summed E-state index contributed by atoms with van der Waals surface area (Å²) in [7, 11) is 1.66. The molecule has 26 heavy (non-hydrogen) atoms. The second-order valence-electron chi connectivity index (χ2n) is 6.70. The number of aromatic nitrogens is 3. The van der Waals surface area contributed by atoms with E-state index in [0.29, 0.717) is 30.7 Å². The Morgan fingerprint density at radius 3 is 2.73 bits per heavy atom. The Bertz CT molecular complexity index is 772. The van der Waals surface area contributed by atoms with Crippen LogP contribution in [0.1, 0.15) is 53.5 Å². The molecule has 1 aromatic carbocycles. The first-order valence-corrected chi connectivity index (χ1v) is 8.96. The minimum Gasteiger partial charge on any atom is -0.462 e. The Morgan fingerprint density at radius 2 is 2.04 bits per heavy atom. The highest BCUT2D eigenvalue weighted by atomic mass is 19.3. The number of nitrogens with zero attached hydrogens (tertiary/aromatic N) is 3. The Balaban J connectivity index is 1.81. The number of benzene rings is 1. The molecule has 140 valence electrons. The maximum Gasteiger partial charge on any atom is 0.338 e. The summed E-state index contributed by atoms with van der Waals surface area (Å²) in [5.41, 5.74) is 1.54. The molecule has 0 radical (unpaired) electrons. The van der Waals surface area contributed by atoms with Crippen LogP contribution in [0, 0.1) is 5.92 Å². The average molecular weight is 363 g/mol. The largest absolute Gasteiger partial charge is 0.462 e. The van der Waals surface area contributed by atoms with Crippen molar-refractivity contribution in [2.75, 3.05) is 6.61 Å². The van der Waals surface area contributed by atoms with E-state index in [4.69, 9.17) is 4.74 Å². The van der Waals surface area contributed by atoms with Gasteiger partial charge in [-0.05, 0) is 50.3 Å². The first-order valence-electron chi connectivity index (χ1n) is 8.96. The van der Waals surface area contributed by atoms with E-state index in [9.17, 15) is 4.79 Å². The number of aryl methyl sites for hydroxylation is 1. The topological polar surface area (TPSA) is 57.0 Å². The number of hydrogen-bond acceptors (Lipinski definition) is 4. The molecule has 7 heteroatoms. The lowest BCUT2D eigenvalue weighted by Crippen LogP contribution is -2.31. The van der Waals surface area contributed by atoms with Gasteiger partial charge < -0.3 is 4.74 Å². The van der Waals surface area contributed by atoms with E-state index in [1.807, 2.05) is 0 Å². The van der Waals surface area contributed by atoms with E-state index < -0.39 is 17.8 Å². The number of fused-ring (bicyclic) bond motifs is 1. The van der Waals surface area contributed by atoms with Gasteiger partial charge in [-0.1, -0.05) is 23.8 Å². The van der Waals surface area contributed by atoms with E-state index in [0.717, 1.165) is 18.4 Å². The van der Waals surface area contributed by atoms with Gasteiger partial charge in [-0.2, -0.15) is 8.78 Å². The van der Waals surface area contributed by atoms with Gasteiger partial charge in [-0.25, -0.2) is 4.79 Å². The number of rotatable bonds is 4. The fourth-order valence-corrected chi connectivity index (χ4v) is 3.48. The smallest absolute Gasteiger partial charge is 0.338 e. The Morgan fingerprint density at radius 1 is 1.31 bits per heavy atom. The van der Waals surface area contributed by atoms with Crippen molar-refractivity contribution < 1.29 is 18.3 Å². The summed E-state index contributed by atoms with van der Waals surface area (Å²) in [5, 5.41) is 7.56. The lowest BCUT2D eigenvalue weighted by molar-refractivity contribution is -0.0751. The second-order valence-corrected chi connectivity index (χ2v) is 6.70. The van der Waals surface area contributed by atoms with Crippen LogP contribution in [0.2, 0.25) is 0 Å². The first-order chi connectivity index (χ1) is 12.4. The predicted molar refractivity (Wildman–Crippen MR) is 92.0 cm³/mol. The molecule has 1 aromatic heterocycles. The molecule has 0 fully saturated rings. The number of alkyl halides is 2. The second kappa shape index (κ2) is 7.51. The van der Waals surface area contributed by atoms with Crippen LogP contribution in [0.25, 0.3) is 0 Å². The summed E-state index contributed by atoms with van der Waals surface area (Å²) in [6, 6.07) is 6.70. The van der Waals surface area contributed by atoms with Gasteiger partial charge in [0.15, 0.2) is 5.69 Å². The van der Waals surface area contributed by atoms with Gasteiger partial charge in [-0.3, -0.25) is 4.68 Å². The van der Waals surface area contributed by atoms with Crippen LogP contribution in [0.15, 0.2) is 24.3 Å². The van der Waals surface area contributed by atoms with Crippen molar-refractivity contribution in [1.82, 2.24) is 15.0 Å². The molecular weight excluding hydrogens is 340 g/mol. The summed E-state index contributed by atoms with van der Waals surface area (Å²) >= 11 is 0. The minimum atomic E-state index is -3.02. The fraction of sp³-hybridized carbons (Fsp3) is 0.526. The number of carbonyl (C=O) groups is 1. The van der Waals surface area contributed by atoms with E-state index >= 15 is 8.78 Å². The summed E-state index contributed by atoms with van der Waals surface area (Å²) in [6.45, 7) is 2.04. The molecule has 1 unspecified atom stereocenters. The van der Waals surface area contributed by atoms with Gasteiger partial charge in [0.1, 0.15) is 0 Å². The molecule has 0 bridgehead atoms. The van der Waals surface area contributed by atoms with Crippen molar-refractivity contribution in [2.45, 2.75) is 45.0 Å². The van der Waals surface area contributed by atoms with Gasteiger partial charge in [0.05, 0.1) is 17.9 Å². The Hall–Kier alpha value is -2.31. The summed E-state index contributed by atoms with van der Waals surface area (Å²) in [5.74, 6) is -4.27. The van der Waals surface area contributed by atoms with E-state index in [-0.39, 0.29) is 12.1 Å². The van der Waals surface area contributed by atoms with E-state index in [1.165, 1.54) is 4.68 Å². The Kier molecular flexibility index (Phi) is 5.34. The molecule has 0 saturated heterocycles. The van der Waals surface area contributed by atoms with E-state index in [2.05, 4.69) is 10.3 Å². The third-order valence-corrected chi connectivity index (χ3v) is 4.93. The molecular formula is C19H23F2N3O2. The molecule has 0 saturated carbocycles. The first kappa shape index (κ1) is 18.5. The monoisotopic (exact) mass is 363 g/mol. The predicted octanol–water partition coefficient (Wildman–Crippen LogP) is 3.67. The quantitative estimate of drug-likeness (QED) is 0.778. The zero-order chi connectivity index (χ0) is 18.7. The highest BCUT2D eigenvalue weighted by Gasteiger charge is 2.46. The third-order valence-electron chi connectivity index (χ3n) is 4.93. The third kappa shape index (κ3) is 3.61. The zero-order valence-electron chi connectivity index (χ0n) is 15.0. The molecule has 0 aliphatic heterocycles. The Labute approximate surface area is 151 Å². The van der Waals surface area contributed by atoms with Crippen LogP contribution < -0.4 is 0 Å². The van der Waals surface area contributed by atoms with Gasteiger partial charge in [0, 0.05) is 13.0 Å². The van der Waals surface area contributed by atoms with Crippen molar-refractivity contribution in [3.8, 4) is 0 Å². The summed E-state index contributed by atoms with van der Waals surface area (Å²) < 4.78 is 36.6. The SMILES string of the molecule is CCOC(=O)c1ccc(CC2CCCCc3c(nnn3C)C2(F)F)cc1. The number of ether oxygens (including phenoxy) is 1. The molecule has 0 spiro atoms. The normalized spacial score (nSPS) is 19.3. The lowest BCUT2D eigenvalue weighted by atomic mass is 9.84. The summed E-state index contributed by atoms with van der Waals surface area (Å²) in [4.78, 5) is 11.7. The van der Waals surface area contributed by atoms with Crippen LogP contribution in [-0.2, 0) is 30.5 Å². The van der Waals surface area contributed by atoms with Crippen molar-refractivity contribution in [3.63, 3.8) is 0 Å². The lowest BCUT2D eigenvalue weighted by Gasteiger charge is -2.28. The van der Waals surface area contributed by atoms with Gasteiger partial charge in [0.25, 0.3) is 5.92 Å². The number of halogens is 2. The van der Waals surface area contributed by atoms with Gasteiger partial charge in [0.2, 0.25) is 0 Å². The number of hydrogen-bond donors (Lipinski definition) is 0. The minimum absolute atomic E-state index is 0.187. The van der Waals surface area contributed by atoms with Crippen LogP contribution in [0.4, 0.5) is 8.78 Å². The molecule has 1 heterocycles. The van der Waals surface area contributed by atoms with Gasteiger partial charge in [-0.15, -0.1) is 5.10 Å². The summed E-state index contributed by atoms with van der Waals surface area (Å²) in [6.07, 6.45) is 2.83. The van der Waals surface area contributed by atoms with Gasteiger partial charge >= 0.3 is 5.97 Å². The number of esters is 1. The average Bonchev–Trinajstić information content (AvgIpc) is 2.98. The van der Waals surface area contributed by atoms with Crippen molar-refractivity contribution in [2.24, 2.45) is 13.0 Å². The molecule has 3 rings (SSSR count). The van der Waals surface area contributed by atoms with E-state index in [1.54, 1.807) is 38.2 Å². The van der Waals surface area contributed by atoms with Crippen LogP contribution in [-0.4, -0.2) is 27.6 Å². The maximum absolute atomic E-state index is 15.1. The molecule has 1 atom stereocenters. The molecule has 5 nitrogen and oxygen atoms in total. The fourth-order valence-electron chi connectivity index (χ4n) is 3.48. The van der Waals surface area contributed by atoms with Crippen molar-refractivity contribution in [3.05, 3.63) is 46.8 Å². The van der Waals surface area contributed by atoms with Crippen LogP contribution >= 0.6 is 0 Å². The van der Waals surface area contributed by atoms with Crippen molar-refractivity contribution >= 4 is 5.97 Å². The van der Waals surface area contributed by atoms with Crippen LogP contribution in [0.5, 0.6) is 0 Å². The molecule has 1 aliphatic carbocycles. The molecule has 0 amide bonds.